The Bertz CT molecular complexity index is 1300. The molecule has 2 saturated heterocycles. The largest absolute Gasteiger partial charge is 0.483 e. The molecule has 0 spiro atoms. The fourth-order valence-electron chi connectivity index (χ4n) is 4.97. The lowest BCUT2D eigenvalue weighted by molar-refractivity contribution is -0.149. The van der Waals surface area contributed by atoms with E-state index < -0.39 is 41.4 Å². The van der Waals surface area contributed by atoms with Gasteiger partial charge in [-0.2, -0.15) is 0 Å². The smallest absolute Gasteiger partial charge is 0.323 e. The normalized spacial score (nSPS) is 23.4. The number of thioether (sulfide) groups is 1. The number of thiazole rings is 1. The van der Waals surface area contributed by atoms with Crippen LogP contribution in [0.5, 0.6) is 5.75 Å². The first kappa shape index (κ1) is 25.0. The van der Waals surface area contributed by atoms with Crippen LogP contribution in [0.2, 0.25) is 0 Å². The highest BCUT2D eigenvalue weighted by atomic mass is 79.9. The van der Waals surface area contributed by atoms with Gasteiger partial charge in [0.25, 0.3) is 5.91 Å². The molecule has 2 aromatic rings. The summed E-state index contributed by atoms with van der Waals surface area (Å²) in [5.41, 5.74) is 0.543. The number of fused-ring (bicyclic) bond motifs is 2. The van der Waals surface area contributed by atoms with Gasteiger partial charge in [-0.15, -0.1) is 0 Å². The number of aromatic nitrogens is 1. The molecule has 0 bridgehead atoms. The standard InChI is InChI=1S/C23H22BrN3O7S2/c24-11-4-5-13(34-10-14(28)26-6-2-1-3-7-26)12(8-11)16-17-19(35-20-18(16)36-23(33)25-20)22(32)27(21(17)31)9-15(29)30/h4-5,8,16-17,19H,1-3,6-7,9-10H2,(H,25,33)(H,29,30)/t16-,17?,19?/m1/s1. The van der Waals surface area contributed by atoms with E-state index in [-0.39, 0.29) is 17.4 Å². The number of hydrogen-bond donors (Lipinski definition) is 2. The molecule has 1 aromatic heterocycles. The zero-order chi connectivity index (χ0) is 25.6. The molecule has 3 atom stereocenters. The van der Waals surface area contributed by atoms with Crippen molar-refractivity contribution in [3.63, 3.8) is 0 Å². The number of hydrogen-bond acceptors (Lipinski definition) is 8. The summed E-state index contributed by atoms with van der Waals surface area (Å²) in [6.45, 7) is 0.470. The third-order valence-corrected chi connectivity index (χ3v) is 9.47. The van der Waals surface area contributed by atoms with Crippen LogP contribution >= 0.6 is 39.0 Å². The van der Waals surface area contributed by atoms with Gasteiger partial charge in [0.2, 0.25) is 11.8 Å². The third-order valence-electron chi connectivity index (χ3n) is 6.58. The summed E-state index contributed by atoms with van der Waals surface area (Å²) in [5, 5.41) is 8.83. The average Bonchev–Trinajstić information content (AvgIpc) is 3.34. The molecule has 0 aliphatic carbocycles. The second-order valence-corrected chi connectivity index (χ2v) is 11.9. The maximum absolute atomic E-state index is 13.4. The van der Waals surface area contributed by atoms with Gasteiger partial charge in [0.15, 0.2) is 6.61 Å². The van der Waals surface area contributed by atoms with E-state index >= 15 is 0 Å². The minimum absolute atomic E-state index is 0.132. The number of carboxylic acid groups (broad SMARTS) is 1. The summed E-state index contributed by atoms with van der Waals surface area (Å²) < 4.78 is 6.66. The van der Waals surface area contributed by atoms with Gasteiger partial charge in [-0.3, -0.25) is 28.9 Å². The molecule has 190 valence electrons. The second kappa shape index (κ2) is 10.0. The number of nitrogens with zero attached hydrogens (tertiary/aromatic N) is 2. The molecule has 3 aliphatic rings. The molecule has 10 nitrogen and oxygen atoms in total. The Hall–Kier alpha value is -2.64. The first-order valence-electron chi connectivity index (χ1n) is 11.4. The molecule has 36 heavy (non-hydrogen) atoms. The molecule has 13 heteroatoms. The van der Waals surface area contributed by atoms with Crippen molar-refractivity contribution in [1.82, 2.24) is 14.8 Å². The van der Waals surface area contributed by atoms with Gasteiger partial charge in [-0.05, 0) is 37.5 Å². The summed E-state index contributed by atoms with van der Waals surface area (Å²) >= 11 is 5.47. The number of amides is 3. The monoisotopic (exact) mass is 595 g/mol. The number of aromatic amines is 1. The zero-order valence-electron chi connectivity index (χ0n) is 18.9. The lowest BCUT2D eigenvalue weighted by Crippen LogP contribution is -2.38. The molecule has 1 aromatic carbocycles. The number of aliphatic carboxylic acids is 1. The molecule has 3 aliphatic heterocycles. The van der Waals surface area contributed by atoms with E-state index in [9.17, 15) is 29.1 Å². The predicted molar refractivity (Wildman–Crippen MR) is 134 cm³/mol. The number of nitrogens with one attached hydrogen (secondary N) is 1. The molecule has 2 N–H and O–H groups in total. The van der Waals surface area contributed by atoms with Crippen LogP contribution in [0.1, 0.15) is 35.6 Å². The van der Waals surface area contributed by atoms with Crippen LogP contribution in [-0.2, 0) is 19.2 Å². The van der Waals surface area contributed by atoms with E-state index in [0.717, 1.165) is 47.3 Å². The highest BCUT2D eigenvalue weighted by Gasteiger charge is 2.56. The van der Waals surface area contributed by atoms with E-state index in [1.807, 2.05) is 0 Å². The van der Waals surface area contributed by atoms with E-state index in [1.165, 1.54) is 0 Å². The average molecular weight is 596 g/mol. The van der Waals surface area contributed by atoms with Gasteiger partial charge >= 0.3 is 10.8 Å². The van der Waals surface area contributed by atoms with Crippen molar-refractivity contribution >= 4 is 62.7 Å². The number of carbonyl (C=O) groups is 4. The minimum Gasteiger partial charge on any atom is -0.483 e. The molecular weight excluding hydrogens is 574 g/mol. The molecular formula is C23H22BrN3O7S2. The fraction of sp³-hybridized carbons (Fsp3) is 0.435. The number of benzene rings is 1. The minimum atomic E-state index is -1.29. The predicted octanol–water partition coefficient (Wildman–Crippen LogP) is 2.27. The van der Waals surface area contributed by atoms with Gasteiger partial charge < -0.3 is 19.7 Å². The number of carbonyl (C=O) groups excluding carboxylic acids is 3. The summed E-state index contributed by atoms with van der Waals surface area (Å²) in [5.74, 6) is -3.92. The Labute approximate surface area is 222 Å². The first-order chi connectivity index (χ1) is 17.2. The summed E-state index contributed by atoms with van der Waals surface area (Å²) in [6, 6.07) is 5.19. The number of H-pyrrole nitrogens is 1. The van der Waals surface area contributed by atoms with Crippen molar-refractivity contribution < 1.29 is 29.0 Å². The Morgan fingerprint density at radius 1 is 1.14 bits per heavy atom. The Morgan fingerprint density at radius 2 is 1.89 bits per heavy atom. The molecule has 4 heterocycles. The molecule has 0 saturated carbocycles. The molecule has 2 fully saturated rings. The first-order valence-corrected chi connectivity index (χ1v) is 13.9. The van der Waals surface area contributed by atoms with Crippen molar-refractivity contribution in [3.8, 4) is 5.75 Å². The number of ether oxygens (including phenoxy) is 1. The van der Waals surface area contributed by atoms with Crippen molar-refractivity contribution in [2.75, 3.05) is 26.2 Å². The van der Waals surface area contributed by atoms with Gasteiger partial charge in [-0.1, -0.05) is 39.0 Å². The highest BCUT2D eigenvalue weighted by molar-refractivity contribution is 9.10. The van der Waals surface area contributed by atoms with Crippen LogP contribution in [0.15, 0.2) is 32.5 Å². The van der Waals surface area contributed by atoms with Gasteiger partial charge in [0, 0.05) is 33.9 Å². The van der Waals surface area contributed by atoms with Gasteiger partial charge in [0.1, 0.15) is 17.5 Å². The van der Waals surface area contributed by atoms with Gasteiger partial charge in [0.05, 0.1) is 10.9 Å². The quantitative estimate of drug-likeness (QED) is 0.485. The van der Waals surface area contributed by atoms with E-state index in [1.54, 1.807) is 23.1 Å². The van der Waals surface area contributed by atoms with Crippen molar-refractivity contribution in [1.29, 1.82) is 0 Å². The van der Waals surface area contributed by atoms with Gasteiger partial charge in [-0.25, -0.2) is 0 Å². The van der Waals surface area contributed by atoms with Crippen LogP contribution in [0.3, 0.4) is 0 Å². The molecule has 5 rings (SSSR count). The molecule has 0 radical (unpaired) electrons. The van der Waals surface area contributed by atoms with Crippen molar-refractivity contribution in [2.45, 2.75) is 35.5 Å². The topological polar surface area (TPSA) is 137 Å². The Balaban J connectivity index is 1.53. The second-order valence-electron chi connectivity index (χ2n) is 8.82. The maximum atomic E-state index is 13.4. The van der Waals surface area contributed by atoms with Crippen molar-refractivity contribution in [3.05, 3.63) is 42.8 Å². The van der Waals surface area contributed by atoms with Crippen LogP contribution in [0.25, 0.3) is 0 Å². The van der Waals surface area contributed by atoms with Crippen LogP contribution in [-0.4, -0.2) is 75.1 Å². The fourth-order valence-corrected chi connectivity index (χ4v) is 7.88. The Morgan fingerprint density at radius 3 is 2.61 bits per heavy atom. The number of carboxylic acids is 1. The summed E-state index contributed by atoms with van der Waals surface area (Å²) in [6.07, 6.45) is 3.00. The van der Waals surface area contributed by atoms with E-state index in [0.29, 0.717) is 38.8 Å². The lowest BCUT2D eigenvalue weighted by Gasteiger charge is -2.31. The lowest BCUT2D eigenvalue weighted by atomic mass is 9.82. The van der Waals surface area contributed by atoms with Crippen LogP contribution in [0, 0.1) is 5.92 Å². The van der Waals surface area contributed by atoms with E-state index in [2.05, 4.69) is 20.9 Å². The number of imide groups is 1. The third kappa shape index (κ3) is 4.59. The van der Waals surface area contributed by atoms with Crippen molar-refractivity contribution in [2.24, 2.45) is 5.92 Å². The SMILES string of the molecule is O=C(O)CN1C(=O)C2Sc3[nH]c(=O)sc3[C@H](c3cc(Br)ccc3OCC(=O)N3CCCCC3)C2C1=O. The maximum Gasteiger partial charge on any atom is 0.323 e. The molecule has 2 unspecified atom stereocenters. The summed E-state index contributed by atoms with van der Waals surface area (Å²) in [4.78, 5) is 68.3. The number of halogens is 1. The highest BCUT2D eigenvalue weighted by Crippen LogP contribution is 2.54. The Kier molecular flexibility index (Phi) is 6.97. The number of likely N-dealkylation sites (tertiary alicyclic amines) is 2. The van der Waals surface area contributed by atoms with E-state index in [4.69, 9.17) is 4.74 Å². The number of rotatable bonds is 6. The number of piperidine rings is 1. The van der Waals surface area contributed by atoms with Crippen LogP contribution < -0.4 is 9.61 Å². The van der Waals surface area contributed by atoms with Crippen LogP contribution in [0.4, 0.5) is 0 Å². The zero-order valence-corrected chi connectivity index (χ0v) is 22.1. The molecule has 3 amide bonds. The summed E-state index contributed by atoms with van der Waals surface area (Å²) in [7, 11) is 0.